The van der Waals surface area contributed by atoms with Gasteiger partial charge in [0.25, 0.3) is 5.91 Å². The van der Waals surface area contributed by atoms with Crippen molar-refractivity contribution in [2.75, 3.05) is 24.7 Å². The van der Waals surface area contributed by atoms with Crippen molar-refractivity contribution in [2.24, 2.45) is 0 Å². The number of aryl methyl sites for hydroxylation is 2. The van der Waals surface area contributed by atoms with Crippen LogP contribution in [0.4, 0.5) is 5.69 Å². The molecule has 0 aliphatic carbocycles. The summed E-state index contributed by atoms with van der Waals surface area (Å²) in [5, 5.41) is 0.707. The minimum absolute atomic E-state index is 0.0313. The lowest BCUT2D eigenvalue weighted by Crippen LogP contribution is -2.27. The molecule has 1 aromatic rings. The maximum atomic E-state index is 12.4. The molecule has 0 N–H and O–H groups in total. The first-order chi connectivity index (χ1) is 9.41. The zero-order chi connectivity index (χ0) is 14.9. The zero-order valence-electron chi connectivity index (χ0n) is 12.1. The van der Waals surface area contributed by atoms with Crippen LogP contribution in [-0.4, -0.2) is 36.6 Å². The van der Waals surface area contributed by atoms with E-state index in [4.69, 9.17) is 0 Å². The number of thioether (sulfide) groups is 1. The number of carbonyl (C=O) groups excluding carboxylic acids is 2. The van der Waals surface area contributed by atoms with Crippen molar-refractivity contribution < 1.29 is 9.59 Å². The van der Waals surface area contributed by atoms with Crippen LogP contribution >= 0.6 is 11.8 Å². The Balaban J connectivity index is 2.26. The smallest absolute Gasteiger partial charge is 0.253 e. The molecule has 0 spiro atoms. The van der Waals surface area contributed by atoms with E-state index in [1.807, 2.05) is 32.0 Å². The Morgan fingerprint density at radius 2 is 1.95 bits per heavy atom. The predicted octanol–water partition coefficient (Wildman–Crippen LogP) is 2.31. The minimum Gasteiger partial charge on any atom is -0.311 e. The molecule has 1 heterocycles. The highest BCUT2D eigenvalue weighted by Crippen LogP contribution is 2.28. The first-order valence-electron chi connectivity index (χ1n) is 6.36. The lowest BCUT2D eigenvalue weighted by molar-refractivity contribution is -0.124. The van der Waals surface area contributed by atoms with Crippen LogP contribution in [0.15, 0.2) is 29.3 Å². The molecular formula is C15H18N2O2S. The molecule has 2 amide bonds. The Labute approximate surface area is 123 Å². The fourth-order valence-electron chi connectivity index (χ4n) is 2.24. The van der Waals surface area contributed by atoms with Gasteiger partial charge in [0, 0.05) is 25.9 Å². The fraction of sp³-hybridized carbons (Fsp3) is 0.333. The number of nitrogens with zero attached hydrogens (tertiary/aromatic N) is 2. The Morgan fingerprint density at radius 1 is 1.35 bits per heavy atom. The molecule has 5 heteroatoms. The molecule has 1 saturated heterocycles. The lowest BCUT2D eigenvalue weighted by atomic mass is 10.1. The Kier molecular flexibility index (Phi) is 4.18. The molecule has 1 aliphatic heterocycles. The van der Waals surface area contributed by atoms with E-state index in [1.54, 1.807) is 19.0 Å². The molecule has 1 aliphatic rings. The van der Waals surface area contributed by atoms with Crippen LogP contribution < -0.4 is 4.90 Å². The highest BCUT2D eigenvalue weighted by Gasteiger charge is 2.24. The number of rotatable bonds is 2. The van der Waals surface area contributed by atoms with E-state index >= 15 is 0 Å². The Bertz CT molecular complexity index is 575. The van der Waals surface area contributed by atoms with E-state index < -0.39 is 0 Å². The van der Waals surface area contributed by atoms with Crippen LogP contribution in [-0.2, 0) is 9.59 Å². The second-order valence-electron chi connectivity index (χ2n) is 4.86. The van der Waals surface area contributed by atoms with Crippen LogP contribution in [0.1, 0.15) is 11.1 Å². The molecule has 0 bridgehead atoms. The van der Waals surface area contributed by atoms with Crippen molar-refractivity contribution in [1.29, 1.82) is 0 Å². The lowest BCUT2D eigenvalue weighted by Gasteiger charge is -2.21. The summed E-state index contributed by atoms with van der Waals surface area (Å²) in [7, 11) is 3.45. The molecule has 0 aromatic heterocycles. The summed E-state index contributed by atoms with van der Waals surface area (Å²) < 4.78 is 0. The summed E-state index contributed by atoms with van der Waals surface area (Å²) >= 11 is 1.40. The summed E-state index contributed by atoms with van der Waals surface area (Å²) in [4.78, 5) is 27.0. The molecule has 0 saturated carbocycles. The Hall–Kier alpha value is -1.75. The van der Waals surface area contributed by atoms with E-state index in [0.717, 1.165) is 16.8 Å². The summed E-state index contributed by atoms with van der Waals surface area (Å²) in [6, 6.07) is 5.95. The highest BCUT2D eigenvalue weighted by molar-refractivity contribution is 8.04. The maximum absolute atomic E-state index is 12.4. The summed E-state index contributed by atoms with van der Waals surface area (Å²) in [6.07, 6.45) is 1.53. The first kappa shape index (κ1) is 14.7. The average molecular weight is 290 g/mol. The van der Waals surface area contributed by atoms with Gasteiger partial charge >= 0.3 is 0 Å². The van der Waals surface area contributed by atoms with Crippen LogP contribution in [0.3, 0.4) is 0 Å². The normalized spacial score (nSPS) is 16.9. The summed E-state index contributed by atoms with van der Waals surface area (Å²) in [6.45, 7) is 3.97. The number of para-hydroxylation sites is 1. The highest BCUT2D eigenvalue weighted by atomic mass is 32.2. The van der Waals surface area contributed by atoms with Gasteiger partial charge in [-0.05, 0) is 25.0 Å². The third-order valence-electron chi connectivity index (χ3n) is 3.40. The molecular weight excluding hydrogens is 272 g/mol. The second-order valence-corrected chi connectivity index (χ2v) is 5.86. The van der Waals surface area contributed by atoms with Gasteiger partial charge in [0.1, 0.15) is 0 Å². The zero-order valence-corrected chi connectivity index (χ0v) is 13.0. The third-order valence-corrected chi connectivity index (χ3v) is 4.48. The molecule has 0 unspecified atom stereocenters. The number of carbonyl (C=O) groups is 2. The SMILES string of the molecule is Cc1cccc(C)c1N(C)C(=O)C=C1SCC(=O)N1C. The molecule has 4 nitrogen and oxygen atoms in total. The van der Waals surface area contributed by atoms with Crippen molar-refractivity contribution in [2.45, 2.75) is 13.8 Å². The minimum atomic E-state index is -0.119. The van der Waals surface area contributed by atoms with Crippen LogP contribution in [0, 0.1) is 13.8 Å². The van der Waals surface area contributed by atoms with E-state index in [2.05, 4.69) is 0 Å². The van der Waals surface area contributed by atoms with Crippen LogP contribution in [0.2, 0.25) is 0 Å². The number of likely N-dealkylation sites (N-methyl/N-ethyl adjacent to an activating group) is 1. The van der Waals surface area contributed by atoms with Crippen molar-refractivity contribution in [3.05, 3.63) is 40.4 Å². The molecule has 0 atom stereocenters. The van der Waals surface area contributed by atoms with Gasteiger partial charge in [0.2, 0.25) is 5.91 Å². The van der Waals surface area contributed by atoms with Gasteiger partial charge in [-0.15, -0.1) is 0 Å². The van der Waals surface area contributed by atoms with E-state index in [9.17, 15) is 9.59 Å². The van der Waals surface area contributed by atoms with Gasteiger partial charge in [-0.3, -0.25) is 9.59 Å². The fourth-order valence-corrected chi connectivity index (χ4v) is 3.18. The molecule has 1 fully saturated rings. The number of benzene rings is 1. The van der Waals surface area contributed by atoms with Gasteiger partial charge in [0.15, 0.2) is 0 Å². The molecule has 106 valence electrons. The predicted molar refractivity (Wildman–Crippen MR) is 82.6 cm³/mol. The maximum Gasteiger partial charge on any atom is 0.253 e. The van der Waals surface area contributed by atoms with Gasteiger partial charge in [-0.1, -0.05) is 30.0 Å². The largest absolute Gasteiger partial charge is 0.311 e. The van der Waals surface area contributed by atoms with Crippen molar-refractivity contribution >= 4 is 29.3 Å². The second kappa shape index (κ2) is 5.71. The molecule has 2 rings (SSSR count). The monoisotopic (exact) mass is 290 g/mol. The van der Waals surface area contributed by atoms with Gasteiger partial charge in [-0.25, -0.2) is 0 Å². The summed E-state index contributed by atoms with van der Waals surface area (Å²) in [5.74, 6) is 0.318. The molecule has 0 radical (unpaired) electrons. The number of hydrogen-bond donors (Lipinski definition) is 0. The van der Waals surface area contributed by atoms with Gasteiger partial charge in [0.05, 0.1) is 10.8 Å². The quantitative estimate of drug-likeness (QED) is 0.785. The first-order valence-corrected chi connectivity index (χ1v) is 7.35. The third kappa shape index (κ3) is 2.72. The molecule has 20 heavy (non-hydrogen) atoms. The van der Waals surface area contributed by atoms with E-state index in [-0.39, 0.29) is 11.8 Å². The van der Waals surface area contributed by atoms with Gasteiger partial charge in [-0.2, -0.15) is 0 Å². The number of amides is 2. The van der Waals surface area contributed by atoms with Crippen LogP contribution in [0.5, 0.6) is 0 Å². The molecule has 1 aromatic carbocycles. The standard InChI is InChI=1S/C15H18N2O2S/c1-10-6-5-7-11(2)15(10)17(4)12(18)8-14-16(3)13(19)9-20-14/h5-8H,9H2,1-4H3. The van der Waals surface area contributed by atoms with Gasteiger partial charge < -0.3 is 9.80 Å². The Morgan fingerprint density at radius 3 is 2.45 bits per heavy atom. The van der Waals surface area contributed by atoms with Crippen molar-refractivity contribution in [3.8, 4) is 0 Å². The topological polar surface area (TPSA) is 40.6 Å². The summed E-state index contributed by atoms with van der Waals surface area (Å²) in [5.41, 5.74) is 3.04. The van der Waals surface area contributed by atoms with Crippen molar-refractivity contribution in [3.63, 3.8) is 0 Å². The average Bonchev–Trinajstić information content (AvgIpc) is 2.70. The van der Waals surface area contributed by atoms with Crippen molar-refractivity contribution in [1.82, 2.24) is 4.90 Å². The number of hydrogen-bond acceptors (Lipinski definition) is 3. The van der Waals surface area contributed by atoms with E-state index in [0.29, 0.717) is 10.8 Å². The van der Waals surface area contributed by atoms with Crippen LogP contribution in [0.25, 0.3) is 0 Å². The van der Waals surface area contributed by atoms with E-state index in [1.165, 1.54) is 22.7 Å². The number of anilines is 1.